The Morgan fingerprint density at radius 2 is 2.35 bits per heavy atom. The fourth-order valence-electron chi connectivity index (χ4n) is 2.22. The maximum Gasteiger partial charge on any atom is 0.242 e. The second kappa shape index (κ2) is 6.35. The Kier molecular flexibility index (Phi) is 4.75. The maximum absolute atomic E-state index is 13.7. The molecule has 1 heterocycles. The van der Waals surface area contributed by atoms with E-state index >= 15 is 0 Å². The van der Waals surface area contributed by atoms with Crippen LogP contribution in [0.4, 0.5) is 4.39 Å². The second-order valence-electron chi connectivity index (χ2n) is 5.01. The minimum atomic E-state index is -0.459. The van der Waals surface area contributed by atoms with Crippen molar-refractivity contribution in [2.75, 3.05) is 0 Å². The van der Waals surface area contributed by atoms with Gasteiger partial charge in [-0.3, -0.25) is 9.59 Å². The molecule has 1 aromatic rings. The summed E-state index contributed by atoms with van der Waals surface area (Å²) in [7, 11) is 0. The standard InChI is InChI=1S/C14H16BrFN2O2/c1-8(6-9-2-3-10(15)7-11(9)16)17-14(20)12-4-5-13(19)18-12/h2-3,7-8,12H,4-6H2,1H3,(H,17,20)(H,18,19). The molecule has 1 fully saturated rings. The summed E-state index contributed by atoms with van der Waals surface area (Å²) in [6, 6.07) is 4.21. The average molecular weight is 343 g/mol. The highest BCUT2D eigenvalue weighted by molar-refractivity contribution is 9.10. The Morgan fingerprint density at radius 3 is 2.95 bits per heavy atom. The van der Waals surface area contributed by atoms with Crippen LogP contribution in [0.25, 0.3) is 0 Å². The van der Waals surface area contributed by atoms with Gasteiger partial charge in [0.1, 0.15) is 11.9 Å². The molecule has 1 aliphatic heterocycles. The number of nitrogens with one attached hydrogen (secondary N) is 2. The molecule has 108 valence electrons. The van der Waals surface area contributed by atoms with Gasteiger partial charge in [0.05, 0.1) is 0 Å². The lowest BCUT2D eigenvalue weighted by molar-refractivity contribution is -0.126. The molecule has 20 heavy (non-hydrogen) atoms. The van der Waals surface area contributed by atoms with Crippen LogP contribution in [0.2, 0.25) is 0 Å². The molecule has 2 amide bonds. The summed E-state index contributed by atoms with van der Waals surface area (Å²) in [6.07, 6.45) is 1.31. The van der Waals surface area contributed by atoms with Gasteiger partial charge in [-0.2, -0.15) is 0 Å². The van der Waals surface area contributed by atoms with E-state index in [2.05, 4.69) is 26.6 Å². The lowest BCUT2D eigenvalue weighted by Crippen LogP contribution is -2.45. The first kappa shape index (κ1) is 15.0. The number of hydrogen-bond acceptors (Lipinski definition) is 2. The average Bonchev–Trinajstić information content (AvgIpc) is 2.79. The van der Waals surface area contributed by atoms with E-state index in [1.54, 1.807) is 12.1 Å². The quantitative estimate of drug-likeness (QED) is 0.878. The summed E-state index contributed by atoms with van der Waals surface area (Å²) in [4.78, 5) is 23.0. The van der Waals surface area contributed by atoms with E-state index in [0.717, 1.165) is 0 Å². The molecule has 6 heteroatoms. The minimum Gasteiger partial charge on any atom is -0.352 e. The van der Waals surface area contributed by atoms with Crippen LogP contribution in [0.3, 0.4) is 0 Å². The van der Waals surface area contributed by atoms with Gasteiger partial charge in [0, 0.05) is 16.9 Å². The van der Waals surface area contributed by atoms with Crippen molar-refractivity contribution < 1.29 is 14.0 Å². The first-order valence-corrected chi connectivity index (χ1v) is 7.28. The molecule has 0 aliphatic carbocycles. The van der Waals surface area contributed by atoms with Crippen molar-refractivity contribution in [1.82, 2.24) is 10.6 Å². The Morgan fingerprint density at radius 1 is 1.60 bits per heavy atom. The molecule has 1 aromatic carbocycles. The molecule has 0 saturated carbocycles. The van der Waals surface area contributed by atoms with E-state index < -0.39 is 6.04 Å². The third kappa shape index (κ3) is 3.79. The third-order valence-electron chi connectivity index (χ3n) is 3.24. The van der Waals surface area contributed by atoms with E-state index in [-0.39, 0.29) is 23.7 Å². The van der Waals surface area contributed by atoms with Crippen molar-refractivity contribution in [3.8, 4) is 0 Å². The van der Waals surface area contributed by atoms with Crippen molar-refractivity contribution in [3.63, 3.8) is 0 Å². The van der Waals surface area contributed by atoms with E-state index in [1.807, 2.05) is 6.92 Å². The lowest BCUT2D eigenvalue weighted by Gasteiger charge is -2.17. The first-order chi connectivity index (χ1) is 9.45. The number of carbonyl (C=O) groups is 2. The Labute approximate surface area is 125 Å². The SMILES string of the molecule is CC(Cc1ccc(Br)cc1F)NC(=O)C1CCC(=O)N1. The van der Waals surface area contributed by atoms with Gasteiger partial charge in [0.25, 0.3) is 0 Å². The van der Waals surface area contributed by atoms with Gasteiger partial charge in [0.15, 0.2) is 0 Å². The molecule has 1 aliphatic rings. The summed E-state index contributed by atoms with van der Waals surface area (Å²) in [5, 5.41) is 5.41. The Balaban J connectivity index is 1.90. The highest BCUT2D eigenvalue weighted by Gasteiger charge is 2.27. The Bertz CT molecular complexity index is 536. The molecular formula is C14H16BrFN2O2. The zero-order chi connectivity index (χ0) is 14.7. The molecule has 2 atom stereocenters. The van der Waals surface area contributed by atoms with Crippen molar-refractivity contribution >= 4 is 27.7 Å². The first-order valence-electron chi connectivity index (χ1n) is 6.49. The monoisotopic (exact) mass is 342 g/mol. The van der Waals surface area contributed by atoms with Crippen molar-refractivity contribution in [1.29, 1.82) is 0 Å². The molecule has 4 nitrogen and oxygen atoms in total. The number of hydrogen-bond donors (Lipinski definition) is 2. The molecule has 0 spiro atoms. The van der Waals surface area contributed by atoms with E-state index in [0.29, 0.717) is 29.3 Å². The number of amides is 2. The fraction of sp³-hybridized carbons (Fsp3) is 0.429. The van der Waals surface area contributed by atoms with Crippen LogP contribution in [0.15, 0.2) is 22.7 Å². The number of halogens is 2. The molecule has 0 radical (unpaired) electrons. The molecule has 0 aromatic heterocycles. The number of carbonyl (C=O) groups excluding carboxylic acids is 2. The highest BCUT2D eigenvalue weighted by atomic mass is 79.9. The normalized spacial score (nSPS) is 19.6. The van der Waals surface area contributed by atoms with Gasteiger partial charge in [-0.1, -0.05) is 22.0 Å². The van der Waals surface area contributed by atoms with Crippen LogP contribution in [0, 0.1) is 5.82 Å². The summed E-state index contributed by atoms with van der Waals surface area (Å²) in [6.45, 7) is 1.82. The minimum absolute atomic E-state index is 0.100. The largest absolute Gasteiger partial charge is 0.352 e. The molecule has 2 unspecified atom stereocenters. The lowest BCUT2D eigenvalue weighted by atomic mass is 10.1. The van der Waals surface area contributed by atoms with Crippen LogP contribution >= 0.6 is 15.9 Å². The molecule has 2 rings (SSSR count). The van der Waals surface area contributed by atoms with Crippen LogP contribution in [0.5, 0.6) is 0 Å². The maximum atomic E-state index is 13.7. The topological polar surface area (TPSA) is 58.2 Å². The van der Waals surface area contributed by atoms with Gasteiger partial charge in [-0.15, -0.1) is 0 Å². The molecule has 0 bridgehead atoms. The predicted octanol–water partition coefficient (Wildman–Crippen LogP) is 1.91. The summed E-state index contributed by atoms with van der Waals surface area (Å²) >= 11 is 3.20. The van der Waals surface area contributed by atoms with Gasteiger partial charge < -0.3 is 10.6 Å². The second-order valence-corrected chi connectivity index (χ2v) is 5.92. The van der Waals surface area contributed by atoms with Crippen LogP contribution in [0.1, 0.15) is 25.3 Å². The molecular weight excluding hydrogens is 327 g/mol. The van der Waals surface area contributed by atoms with Gasteiger partial charge in [-0.05, 0) is 37.5 Å². The zero-order valence-electron chi connectivity index (χ0n) is 11.1. The van der Waals surface area contributed by atoms with Gasteiger partial charge >= 0.3 is 0 Å². The summed E-state index contributed by atoms with van der Waals surface area (Å²) in [5.41, 5.74) is 0.552. The van der Waals surface area contributed by atoms with Crippen molar-refractivity contribution in [2.24, 2.45) is 0 Å². The highest BCUT2D eigenvalue weighted by Crippen LogP contribution is 2.16. The molecule has 2 N–H and O–H groups in total. The van der Waals surface area contributed by atoms with Gasteiger partial charge in [0.2, 0.25) is 11.8 Å². The fourth-order valence-corrected chi connectivity index (χ4v) is 2.56. The van der Waals surface area contributed by atoms with Crippen LogP contribution < -0.4 is 10.6 Å². The van der Waals surface area contributed by atoms with E-state index in [4.69, 9.17) is 0 Å². The van der Waals surface area contributed by atoms with E-state index in [1.165, 1.54) is 6.07 Å². The Hall–Kier alpha value is -1.43. The van der Waals surface area contributed by atoms with Crippen LogP contribution in [-0.2, 0) is 16.0 Å². The smallest absolute Gasteiger partial charge is 0.242 e. The van der Waals surface area contributed by atoms with Crippen LogP contribution in [-0.4, -0.2) is 23.9 Å². The third-order valence-corrected chi connectivity index (χ3v) is 3.73. The van der Waals surface area contributed by atoms with Gasteiger partial charge in [-0.25, -0.2) is 4.39 Å². The summed E-state index contributed by atoms with van der Waals surface area (Å²) in [5.74, 6) is -0.604. The predicted molar refractivity (Wildman–Crippen MR) is 76.6 cm³/mol. The zero-order valence-corrected chi connectivity index (χ0v) is 12.7. The van der Waals surface area contributed by atoms with Crippen molar-refractivity contribution in [2.45, 2.75) is 38.3 Å². The van der Waals surface area contributed by atoms with Crippen molar-refractivity contribution in [3.05, 3.63) is 34.1 Å². The summed E-state index contributed by atoms with van der Waals surface area (Å²) < 4.78 is 14.4. The number of rotatable bonds is 4. The number of benzene rings is 1. The van der Waals surface area contributed by atoms with E-state index in [9.17, 15) is 14.0 Å². The molecule has 1 saturated heterocycles.